The van der Waals surface area contributed by atoms with Gasteiger partial charge in [-0.05, 0) is 48.1 Å². The quantitative estimate of drug-likeness (QED) is 0.740. The highest BCUT2D eigenvalue weighted by molar-refractivity contribution is 7.49. The molecule has 4 heteroatoms. The molecule has 0 aliphatic heterocycles. The molecule has 0 N–H and O–H groups in total. The van der Waals surface area contributed by atoms with Crippen LogP contribution in [0, 0.1) is 0 Å². The highest BCUT2D eigenvalue weighted by Gasteiger charge is 2.20. The first-order chi connectivity index (χ1) is 11.1. The Kier molecular flexibility index (Phi) is 6.18. The van der Waals surface area contributed by atoms with Crippen molar-refractivity contribution < 1.29 is 13.9 Å². The minimum absolute atomic E-state index is 0.478. The van der Waals surface area contributed by atoms with Gasteiger partial charge in [-0.1, -0.05) is 51.1 Å². The second-order valence-corrected chi connectivity index (χ2v) is 6.75. The van der Waals surface area contributed by atoms with Crippen molar-refractivity contribution in [3.63, 3.8) is 0 Å². The highest BCUT2D eigenvalue weighted by Crippen LogP contribution is 2.27. The molecule has 0 saturated carbocycles. The van der Waals surface area contributed by atoms with E-state index in [1.165, 1.54) is 5.56 Å². The average molecular weight is 330 g/mol. The second kappa shape index (κ2) is 8.12. The van der Waals surface area contributed by atoms with Crippen molar-refractivity contribution in [2.75, 3.05) is 0 Å². The molecule has 0 radical (unpaired) electrons. The van der Waals surface area contributed by atoms with Gasteiger partial charge in [0.05, 0.1) is 5.56 Å². The van der Waals surface area contributed by atoms with Crippen LogP contribution in [0.15, 0.2) is 42.5 Å². The van der Waals surface area contributed by atoms with Gasteiger partial charge in [0.2, 0.25) is 0 Å². The molecule has 0 heterocycles. The molecule has 2 aromatic rings. The van der Waals surface area contributed by atoms with Crippen LogP contribution in [-0.4, -0.2) is 5.97 Å². The van der Waals surface area contributed by atoms with Crippen molar-refractivity contribution in [3.8, 4) is 0 Å². The molecule has 122 valence electrons. The summed E-state index contributed by atoms with van der Waals surface area (Å²) in [6, 6.07) is 13.0. The van der Waals surface area contributed by atoms with Crippen molar-refractivity contribution in [1.29, 1.82) is 0 Å². The Hall–Kier alpha value is -1.86. The first kappa shape index (κ1) is 17.5. The van der Waals surface area contributed by atoms with Crippen LogP contribution in [0.5, 0.6) is 0 Å². The fourth-order valence-electron chi connectivity index (χ4n) is 2.63. The summed E-state index contributed by atoms with van der Waals surface area (Å²) in [4.78, 5) is 12.6. The Morgan fingerprint density at radius 3 is 2.00 bits per heavy atom. The Morgan fingerprint density at radius 2 is 1.52 bits per heavy atom. The summed E-state index contributed by atoms with van der Waals surface area (Å²) in [5.41, 5.74) is 3.73. The van der Waals surface area contributed by atoms with Gasteiger partial charge in [0.15, 0.2) is 0 Å². The van der Waals surface area contributed by atoms with E-state index in [9.17, 15) is 9.36 Å². The van der Waals surface area contributed by atoms with Crippen LogP contribution in [0.1, 0.15) is 47.8 Å². The van der Waals surface area contributed by atoms with Crippen molar-refractivity contribution in [2.24, 2.45) is 0 Å². The number of carbonyl (C=O) groups is 1. The molecule has 0 aliphatic rings. The number of carbonyl (C=O) groups excluding carboxylic acids is 1. The van der Waals surface area contributed by atoms with E-state index < -0.39 is 14.0 Å². The topological polar surface area (TPSA) is 43.4 Å². The van der Waals surface area contributed by atoms with E-state index in [2.05, 4.69) is 19.1 Å². The predicted octanol–water partition coefficient (Wildman–Crippen LogP) is 4.33. The molecule has 1 atom stereocenters. The Labute approximate surface area is 138 Å². The van der Waals surface area contributed by atoms with Gasteiger partial charge in [0.1, 0.15) is 0 Å². The van der Waals surface area contributed by atoms with E-state index in [0.29, 0.717) is 10.9 Å². The lowest BCUT2D eigenvalue weighted by atomic mass is 9.94. The van der Waals surface area contributed by atoms with Crippen LogP contribution in [-0.2, 0) is 28.4 Å². The summed E-state index contributed by atoms with van der Waals surface area (Å²) in [5.74, 6) is -0.478. The van der Waals surface area contributed by atoms with Gasteiger partial charge in [-0.2, -0.15) is 0 Å². The van der Waals surface area contributed by atoms with E-state index in [1.807, 2.05) is 19.9 Å². The summed E-state index contributed by atoms with van der Waals surface area (Å²) in [6.45, 7) is 6.14. The number of hydrogen-bond acceptors (Lipinski definition) is 3. The summed E-state index contributed by atoms with van der Waals surface area (Å²) in [5, 5.41) is 0.562. The van der Waals surface area contributed by atoms with Crippen LogP contribution in [0.25, 0.3) is 0 Å². The van der Waals surface area contributed by atoms with Gasteiger partial charge >= 0.3 is 5.97 Å². The largest absolute Gasteiger partial charge is 0.407 e. The molecule has 2 aromatic carbocycles. The maximum absolute atomic E-state index is 12.6. The lowest BCUT2D eigenvalue weighted by Crippen LogP contribution is -2.11. The third-order valence-electron chi connectivity index (χ3n) is 3.93. The van der Waals surface area contributed by atoms with E-state index in [0.717, 1.165) is 30.4 Å². The van der Waals surface area contributed by atoms with Gasteiger partial charge in [-0.25, -0.2) is 4.79 Å². The van der Waals surface area contributed by atoms with E-state index in [4.69, 9.17) is 4.52 Å². The SMILES string of the molecule is CCc1cc(CC)c(C(=O)O[PH](=O)c2ccccc2)c(CC)c1. The van der Waals surface area contributed by atoms with Gasteiger partial charge < -0.3 is 4.52 Å². The number of hydrogen-bond donors (Lipinski definition) is 0. The summed E-state index contributed by atoms with van der Waals surface area (Å²) in [7, 11) is -2.58. The van der Waals surface area contributed by atoms with Crippen LogP contribution in [0.2, 0.25) is 0 Å². The number of benzene rings is 2. The minimum Gasteiger partial charge on any atom is -0.407 e. The first-order valence-electron chi connectivity index (χ1n) is 8.06. The molecular weight excluding hydrogens is 307 g/mol. The lowest BCUT2D eigenvalue weighted by Gasteiger charge is -2.14. The third kappa shape index (κ3) is 4.11. The highest BCUT2D eigenvalue weighted by atomic mass is 31.1. The fraction of sp³-hybridized carbons (Fsp3) is 0.316. The number of aryl methyl sites for hydroxylation is 3. The van der Waals surface area contributed by atoms with Crippen molar-refractivity contribution in [1.82, 2.24) is 0 Å². The van der Waals surface area contributed by atoms with E-state index in [1.54, 1.807) is 24.3 Å². The normalized spacial score (nSPS) is 12.0. The van der Waals surface area contributed by atoms with Crippen LogP contribution >= 0.6 is 8.03 Å². The zero-order chi connectivity index (χ0) is 16.8. The van der Waals surface area contributed by atoms with Crippen LogP contribution < -0.4 is 5.30 Å². The summed E-state index contributed by atoms with van der Waals surface area (Å²) < 4.78 is 17.6. The van der Waals surface area contributed by atoms with E-state index >= 15 is 0 Å². The minimum atomic E-state index is -2.58. The summed E-state index contributed by atoms with van der Waals surface area (Å²) >= 11 is 0. The molecule has 0 spiro atoms. The average Bonchev–Trinajstić information content (AvgIpc) is 2.60. The van der Waals surface area contributed by atoms with Crippen LogP contribution in [0.3, 0.4) is 0 Å². The smallest absolute Gasteiger partial charge is 0.343 e. The Morgan fingerprint density at radius 1 is 0.957 bits per heavy atom. The molecular formula is C19H23O3P. The molecule has 1 unspecified atom stereocenters. The van der Waals surface area contributed by atoms with Crippen molar-refractivity contribution in [3.05, 3.63) is 64.7 Å². The van der Waals surface area contributed by atoms with Crippen molar-refractivity contribution in [2.45, 2.75) is 40.0 Å². The molecule has 23 heavy (non-hydrogen) atoms. The molecule has 0 aromatic heterocycles. The molecule has 0 saturated heterocycles. The van der Waals surface area contributed by atoms with Crippen molar-refractivity contribution >= 4 is 19.3 Å². The maximum Gasteiger partial charge on any atom is 0.343 e. The second-order valence-electron chi connectivity index (χ2n) is 5.39. The fourth-order valence-corrected chi connectivity index (χ4v) is 3.49. The van der Waals surface area contributed by atoms with E-state index in [-0.39, 0.29) is 0 Å². The van der Waals surface area contributed by atoms with Gasteiger partial charge in [-0.3, -0.25) is 4.57 Å². The first-order valence-corrected chi connectivity index (χ1v) is 9.38. The molecule has 0 bridgehead atoms. The summed E-state index contributed by atoms with van der Waals surface area (Å²) in [6.07, 6.45) is 2.42. The molecule has 2 rings (SSSR count). The maximum atomic E-state index is 12.6. The predicted molar refractivity (Wildman–Crippen MR) is 95.1 cm³/mol. The van der Waals surface area contributed by atoms with Gasteiger partial charge in [0, 0.05) is 5.30 Å². The van der Waals surface area contributed by atoms with Gasteiger partial charge in [-0.15, -0.1) is 0 Å². The number of rotatable bonds is 6. The van der Waals surface area contributed by atoms with Crippen LogP contribution in [0.4, 0.5) is 0 Å². The zero-order valence-electron chi connectivity index (χ0n) is 13.9. The zero-order valence-corrected chi connectivity index (χ0v) is 14.9. The Balaban J connectivity index is 2.33. The van der Waals surface area contributed by atoms with Gasteiger partial charge in [0.25, 0.3) is 8.03 Å². The molecule has 0 aliphatic carbocycles. The molecule has 0 fully saturated rings. The molecule has 3 nitrogen and oxygen atoms in total. The molecule has 0 amide bonds. The monoisotopic (exact) mass is 330 g/mol. The Bertz CT molecular complexity index is 683. The third-order valence-corrected chi connectivity index (χ3v) is 5.11. The lowest BCUT2D eigenvalue weighted by molar-refractivity contribution is 0.0749. The standard InChI is InChI=1S/C19H23O3P/c1-4-14-12-15(5-2)18(16(6-3)13-14)19(20)22-23(21)17-10-8-7-9-11-17/h7-13,23H,4-6H2,1-3H3.